The molecule has 0 saturated carbocycles. The zero-order valence-corrected chi connectivity index (χ0v) is 7.48. The van der Waals surface area contributed by atoms with Crippen molar-refractivity contribution < 1.29 is 13.9 Å². The molecule has 66 valence electrons. The first-order chi connectivity index (χ1) is 4.88. The van der Waals surface area contributed by atoms with Crippen molar-refractivity contribution >= 4 is 5.97 Å². The van der Waals surface area contributed by atoms with Crippen molar-refractivity contribution in [1.29, 1.82) is 0 Å². The summed E-state index contributed by atoms with van der Waals surface area (Å²) in [7, 11) is 0. The van der Waals surface area contributed by atoms with Crippen LogP contribution in [0.1, 0.15) is 27.7 Å². The highest BCUT2D eigenvalue weighted by Crippen LogP contribution is 2.16. The molecule has 0 aromatic rings. The zero-order valence-electron chi connectivity index (χ0n) is 7.48. The van der Waals surface area contributed by atoms with Crippen molar-refractivity contribution in [1.82, 2.24) is 0 Å². The molecule has 0 bridgehead atoms. The third-order valence-electron chi connectivity index (χ3n) is 1.14. The van der Waals surface area contributed by atoms with Crippen LogP contribution >= 0.6 is 0 Å². The summed E-state index contributed by atoms with van der Waals surface area (Å²) in [4.78, 5) is 11.0. The van der Waals surface area contributed by atoms with Crippen molar-refractivity contribution in [3.05, 3.63) is 0 Å². The van der Waals surface area contributed by atoms with E-state index < -0.39 is 18.2 Å². The van der Waals surface area contributed by atoms with Crippen LogP contribution in [0.5, 0.6) is 0 Å². The predicted octanol–water partition coefficient (Wildman–Crippen LogP) is 1.93. The summed E-state index contributed by atoms with van der Waals surface area (Å²) in [6, 6.07) is 0. The highest BCUT2D eigenvalue weighted by molar-refractivity contribution is 5.75. The molecule has 3 heteroatoms. The van der Waals surface area contributed by atoms with E-state index in [0.717, 1.165) is 0 Å². The van der Waals surface area contributed by atoms with Gasteiger partial charge in [0.25, 0.3) is 0 Å². The van der Waals surface area contributed by atoms with E-state index in [2.05, 4.69) is 0 Å². The Labute approximate surface area is 66.7 Å². The van der Waals surface area contributed by atoms with Gasteiger partial charge in [0.2, 0.25) is 0 Å². The van der Waals surface area contributed by atoms with Crippen LogP contribution in [0.15, 0.2) is 0 Å². The molecule has 0 aromatic carbocycles. The van der Waals surface area contributed by atoms with E-state index in [-0.39, 0.29) is 5.97 Å². The third kappa shape index (κ3) is 3.96. The molecule has 0 radical (unpaired) electrons. The smallest absolute Gasteiger partial charge is 0.311 e. The van der Waals surface area contributed by atoms with Gasteiger partial charge in [0.1, 0.15) is 12.8 Å². The number of carbonyl (C=O) groups is 1. The summed E-state index contributed by atoms with van der Waals surface area (Å²) in [5.74, 6) is -0.359. The first kappa shape index (κ1) is 10.4. The first-order valence-corrected chi connectivity index (χ1v) is 3.65. The van der Waals surface area contributed by atoms with E-state index in [4.69, 9.17) is 4.74 Å². The first-order valence-electron chi connectivity index (χ1n) is 3.65. The number of esters is 1. The van der Waals surface area contributed by atoms with Crippen LogP contribution in [0.25, 0.3) is 0 Å². The van der Waals surface area contributed by atoms with Gasteiger partial charge in [-0.25, -0.2) is 4.39 Å². The van der Waals surface area contributed by atoms with E-state index in [9.17, 15) is 9.18 Å². The third-order valence-corrected chi connectivity index (χ3v) is 1.14. The fourth-order valence-electron chi connectivity index (χ4n) is 0.391. The van der Waals surface area contributed by atoms with Gasteiger partial charge in [0, 0.05) is 0 Å². The van der Waals surface area contributed by atoms with Crippen LogP contribution in [-0.4, -0.2) is 18.7 Å². The SMILES string of the molecule is CC(CF)OC(=O)C(C)(C)C. The van der Waals surface area contributed by atoms with Crippen molar-refractivity contribution in [2.75, 3.05) is 6.67 Å². The number of carbonyl (C=O) groups excluding carboxylic acids is 1. The van der Waals surface area contributed by atoms with E-state index in [1.54, 1.807) is 20.8 Å². The summed E-state index contributed by atoms with van der Waals surface area (Å²) in [6.45, 7) is 6.12. The van der Waals surface area contributed by atoms with Crippen LogP contribution < -0.4 is 0 Å². The molecule has 0 rings (SSSR count). The van der Waals surface area contributed by atoms with Crippen LogP contribution in [0, 0.1) is 5.41 Å². The molecule has 0 aliphatic heterocycles. The Kier molecular flexibility index (Phi) is 3.49. The molecule has 0 spiro atoms. The molecular formula is C8H15FO2. The Bertz CT molecular complexity index is 138. The quantitative estimate of drug-likeness (QED) is 0.580. The molecule has 0 saturated heterocycles. The molecule has 0 fully saturated rings. The molecule has 0 aliphatic carbocycles. The minimum absolute atomic E-state index is 0.359. The largest absolute Gasteiger partial charge is 0.459 e. The zero-order chi connectivity index (χ0) is 9.07. The van der Waals surface area contributed by atoms with Gasteiger partial charge in [-0.1, -0.05) is 0 Å². The number of ether oxygens (including phenoxy) is 1. The second-order valence-corrected chi connectivity index (χ2v) is 3.62. The number of rotatable bonds is 2. The molecule has 1 atom stereocenters. The summed E-state index contributed by atoms with van der Waals surface area (Å²) >= 11 is 0. The molecule has 0 amide bonds. The van der Waals surface area contributed by atoms with Gasteiger partial charge in [0.05, 0.1) is 5.41 Å². The highest BCUT2D eigenvalue weighted by Gasteiger charge is 2.24. The molecule has 11 heavy (non-hydrogen) atoms. The van der Waals surface area contributed by atoms with Crippen LogP contribution in [0.4, 0.5) is 4.39 Å². The molecular weight excluding hydrogens is 147 g/mol. The fraction of sp³-hybridized carbons (Fsp3) is 0.875. The van der Waals surface area contributed by atoms with Gasteiger partial charge in [-0.15, -0.1) is 0 Å². The standard InChI is InChI=1S/C8H15FO2/c1-6(5-9)11-7(10)8(2,3)4/h6H,5H2,1-4H3. The molecule has 0 aromatic heterocycles. The summed E-state index contributed by atoms with van der Waals surface area (Å²) < 4.78 is 16.6. The van der Waals surface area contributed by atoms with Gasteiger partial charge in [0.15, 0.2) is 0 Å². The minimum Gasteiger partial charge on any atom is -0.459 e. The van der Waals surface area contributed by atoms with Crippen LogP contribution in [0.3, 0.4) is 0 Å². The molecule has 0 N–H and O–H groups in total. The van der Waals surface area contributed by atoms with Gasteiger partial charge >= 0.3 is 5.97 Å². The number of hydrogen-bond donors (Lipinski definition) is 0. The Hall–Kier alpha value is -0.600. The minimum atomic E-state index is -0.623. The molecule has 1 unspecified atom stereocenters. The number of halogens is 1. The monoisotopic (exact) mass is 162 g/mol. The van der Waals surface area contributed by atoms with E-state index in [1.165, 1.54) is 6.92 Å². The Balaban J connectivity index is 3.88. The predicted molar refractivity (Wildman–Crippen MR) is 41.0 cm³/mol. The van der Waals surface area contributed by atoms with Gasteiger partial charge in [-0.3, -0.25) is 4.79 Å². The second kappa shape index (κ2) is 3.69. The van der Waals surface area contributed by atoms with Crippen molar-refractivity contribution in [2.24, 2.45) is 5.41 Å². The van der Waals surface area contributed by atoms with E-state index in [0.29, 0.717) is 0 Å². The maximum absolute atomic E-state index is 11.9. The lowest BCUT2D eigenvalue weighted by Gasteiger charge is -2.18. The second-order valence-electron chi connectivity index (χ2n) is 3.62. The average Bonchev–Trinajstić information content (AvgIpc) is 1.85. The summed E-state index contributed by atoms with van der Waals surface area (Å²) in [6.07, 6.45) is -0.623. The molecule has 0 heterocycles. The normalized spacial score (nSPS) is 14.3. The fourth-order valence-corrected chi connectivity index (χ4v) is 0.391. The molecule has 2 nitrogen and oxygen atoms in total. The Morgan fingerprint density at radius 2 is 2.00 bits per heavy atom. The van der Waals surface area contributed by atoms with Crippen molar-refractivity contribution in [3.8, 4) is 0 Å². The lowest BCUT2D eigenvalue weighted by molar-refractivity contribution is -0.158. The van der Waals surface area contributed by atoms with Gasteiger partial charge in [-0.05, 0) is 27.7 Å². The van der Waals surface area contributed by atoms with Gasteiger partial charge in [-0.2, -0.15) is 0 Å². The van der Waals surface area contributed by atoms with Crippen molar-refractivity contribution in [2.45, 2.75) is 33.8 Å². The molecule has 0 aliphatic rings. The Morgan fingerprint density at radius 3 is 2.27 bits per heavy atom. The lowest BCUT2D eigenvalue weighted by Crippen LogP contribution is -2.27. The van der Waals surface area contributed by atoms with E-state index >= 15 is 0 Å². The lowest BCUT2D eigenvalue weighted by atomic mass is 9.97. The number of hydrogen-bond acceptors (Lipinski definition) is 2. The van der Waals surface area contributed by atoms with Crippen LogP contribution in [-0.2, 0) is 9.53 Å². The average molecular weight is 162 g/mol. The van der Waals surface area contributed by atoms with Crippen molar-refractivity contribution in [3.63, 3.8) is 0 Å². The number of alkyl halides is 1. The van der Waals surface area contributed by atoms with Gasteiger partial charge < -0.3 is 4.74 Å². The summed E-state index contributed by atoms with van der Waals surface area (Å²) in [5.41, 5.74) is -0.538. The van der Waals surface area contributed by atoms with Crippen LogP contribution in [0.2, 0.25) is 0 Å². The maximum Gasteiger partial charge on any atom is 0.311 e. The maximum atomic E-state index is 11.9. The summed E-state index contributed by atoms with van der Waals surface area (Å²) in [5, 5.41) is 0. The highest BCUT2D eigenvalue weighted by atomic mass is 19.1. The van der Waals surface area contributed by atoms with E-state index in [1.807, 2.05) is 0 Å². The Morgan fingerprint density at radius 1 is 1.55 bits per heavy atom. The topological polar surface area (TPSA) is 26.3 Å².